The van der Waals surface area contributed by atoms with Crippen LogP contribution in [-0.4, -0.2) is 9.13 Å². The normalized spacial score (nSPS) is 13.9. The van der Waals surface area contributed by atoms with Crippen molar-refractivity contribution in [1.29, 1.82) is 0 Å². The fourth-order valence-corrected chi connectivity index (χ4v) is 6.70. The van der Waals surface area contributed by atoms with Gasteiger partial charge in [0.15, 0.2) is 0 Å². The molecule has 2 nitrogen and oxygen atoms in total. The molecule has 2 aromatic heterocycles. The number of rotatable bonds is 2. The molecule has 2 heteroatoms. The van der Waals surface area contributed by atoms with Crippen LogP contribution in [0.1, 0.15) is 25.1 Å². The molecule has 0 fully saturated rings. The van der Waals surface area contributed by atoms with E-state index in [1.807, 2.05) is 0 Å². The van der Waals surface area contributed by atoms with Crippen LogP contribution < -0.4 is 0 Å². The largest absolute Gasteiger partial charge is 0.312 e. The van der Waals surface area contributed by atoms with Gasteiger partial charge < -0.3 is 9.13 Å². The van der Waals surface area contributed by atoms with E-state index in [4.69, 9.17) is 0 Å². The van der Waals surface area contributed by atoms with E-state index in [9.17, 15) is 0 Å². The number of fused-ring (bicyclic) bond motifs is 8. The Morgan fingerprint density at radius 3 is 1.92 bits per heavy atom. The zero-order valence-electron chi connectivity index (χ0n) is 20.9. The first-order chi connectivity index (χ1) is 18.1. The van der Waals surface area contributed by atoms with Crippen molar-refractivity contribution in [3.8, 4) is 22.5 Å². The van der Waals surface area contributed by atoms with Crippen LogP contribution in [0.5, 0.6) is 0 Å². The minimum Gasteiger partial charge on any atom is -0.312 e. The van der Waals surface area contributed by atoms with Gasteiger partial charge in [0.2, 0.25) is 0 Å². The molecule has 1 aliphatic rings. The summed E-state index contributed by atoms with van der Waals surface area (Å²) in [5.74, 6) is 0. The number of benzene rings is 5. The van der Waals surface area contributed by atoms with Gasteiger partial charge in [0.1, 0.15) is 0 Å². The molecule has 2 heterocycles. The Morgan fingerprint density at radius 2 is 1.11 bits per heavy atom. The molecule has 0 spiro atoms. The molecule has 37 heavy (non-hydrogen) atoms. The van der Waals surface area contributed by atoms with E-state index in [2.05, 4.69) is 144 Å². The lowest BCUT2D eigenvalue weighted by atomic mass is 9.85. The van der Waals surface area contributed by atoms with E-state index in [1.54, 1.807) is 0 Å². The van der Waals surface area contributed by atoms with Gasteiger partial charge in [0.25, 0.3) is 0 Å². The highest BCUT2D eigenvalue weighted by Crippen LogP contribution is 2.53. The fraction of sp³-hybridized carbons (Fsp3) is 0.0857. The van der Waals surface area contributed by atoms with Crippen LogP contribution in [0.2, 0.25) is 0 Å². The van der Waals surface area contributed by atoms with Gasteiger partial charge in [-0.15, -0.1) is 0 Å². The van der Waals surface area contributed by atoms with E-state index < -0.39 is 0 Å². The summed E-state index contributed by atoms with van der Waals surface area (Å²) in [4.78, 5) is 0. The SMILES string of the molecule is CC1(C)c2ccccc2-c2c1n(-c1ccc3c(c1)c1ccccc1n3-c1ccccc1)c1ccccc21. The van der Waals surface area contributed by atoms with Crippen molar-refractivity contribution in [2.24, 2.45) is 0 Å². The third-order valence-electron chi connectivity index (χ3n) is 8.27. The molecule has 7 aromatic rings. The molecular weight excluding hydrogens is 448 g/mol. The molecule has 8 rings (SSSR count). The number of hydrogen-bond acceptors (Lipinski definition) is 0. The summed E-state index contributed by atoms with van der Waals surface area (Å²) < 4.78 is 4.89. The van der Waals surface area contributed by atoms with Crippen LogP contribution in [0.3, 0.4) is 0 Å². The van der Waals surface area contributed by atoms with E-state index in [0.29, 0.717) is 0 Å². The monoisotopic (exact) mass is 474 g/mol. The number of nitrogens with zero attached hydrogens (tertiary/aromatic N) is 2. The third kappa shape index (κ3) is 2.65. The van der Waals surface area contributed by atoms with Crippen LogP contribution in [-0.2, 0) is 5.41 Å². The number of aromatic nitrogens is 2. The van der Waals surface area contributed by atoms with Crippen molar-refractivity contribution in [3.63, 3.8) is 0 Å². The molecule has 0 N–H and O–H groups in total. The molecule has 0 radical (unpaired) electrons. The summed E-state index contributed by atoms with van der Waals surface area (Å²) in [5, 5.41) is 3.87. The van der Waals surface area contributed by atoms with E-state index >= 15 is 0 Å². The van der Waals surface area contributed by atoms with Gasteiger partial charge in [-0.2, -0.15) is 0 Å². The average Bonchev–Trinajstić information content (AvgIpc) is 3.54. The van der Waals surface area contributed by atoms with E-state index in [-0.39, 0.29) is 5.41 Å². The molecular formula is C35H26N2. The Kier molecular flexibility index (Phi) is 4.03. The Labute approximate surface area is 216 Å². The summed E-state index contributed by atoms with van der Waals surface area (Å²) in [6.45, 7) is 4.74. The van der Waals surface area contributed by atoms with Crippen molar-refractivity contribution < 1.29 is 0 Å². The van der Waals surface area contributed by atoms with Gasteiger partial charge >= 0.3 is 0 Å². The van der Waals surface area contributed by atoms with Crippen molar-refractivity contribution in [1.82, 2.24) is 9.13 Å². The maximum absolute atomic E-state index is 2.51. The van der Waals surface area contributed by atoms with Crippen LogP contribution >= 0.6 is 0 Å². The second-order valence-electron chi connectivity index (χ2n) is 10.6. The van der Waals surface area contributed by atoms with Crippen LogP contribution in [0.15, 0.2) is 121 Å². The summed E-state index contributed by atoms with van der Waals surface area (Å²) in [7, 11) is 0. The Balaban J connectivity index is 1.47. The number of para-hydroxylation sites is 3. The highest BCUT2D eigenvalue weighted by Gasteiger charge is 2.40. The first-order valence-corrected chi connectivity index (χ1v) is 13.0. The predicted molar refractivity (Wildman–Crippen MR) is 155 cm³/mol. The zero-order valence-corrected chi connectivity index (χ0v) is 20.9. The Bertz CT molecular complexity index is 2000. The van der Waals surface area contributed by atoms with Gasteiger partial charge in [-0.1, -0.05) is 92.7 Å². The summed E-state index contributed by atoms with van der Waals surface area (Å²) in [6.07, 6.45) is 0. The van der Waals surface area contributed by atoms with E-state index in [1.165, 1.54) is 66.5 Å². The van der Waals surface area contributed by atoms with Gasteiger partial charge in [0.05, 0.1) is 16.6 Å². The lowest BCUT2D eigenvalue weighted by Crippen LogP contribution is -2.19. The molecule has 0 saturated heterocycles. The van der Waals surface area contributed by atoms with Crippen molar-refractivity contribution in [2.75, 3.05) is 0 Å². The molecule has 0 aliphatic heterocycles. The minimum atomic E-state index is -0.0993. The summed E-state index contributed by atoms with van der Waals surface area (Å²) >= 11 is 0. The van der Waals surface area contributed by atoms with Gasteiger partial charge in [-0.25, -0.2) is 0 Å². The lowest BCUT2D eigenvalue weighted by molar-refractivity contribution is 0.624. The van der Waals surface area contributed by atoms with E-state index in [0.717, 1.165) is 0 Å². The lowest BCUT2D eigenvalue weighted by Gasteiger charge is -2.24. The molecule has 1 aliphatic carbocycles. The van der Waals surface area contributed by atoms with Crippen LogP contribution in [0, 0.1) is 0 Å². The fourth-order valence-electron chi connectivity index (χ4n) is 6.70. The first-order valence-electron chi connectivity index (χ1n) is 13.0. The Morgan fingerprint density at radius 1 is 0.486 bits per heavy atom. The second kappa shape index (κ2) is 7.24. The topological polar surface area (TPSA) is 9.86 Å². The zero-order chi connectivity index (χ0) is 24.7. The smallest absolute Gasteiger partial charge is 0.0542 e. The summed E-state index contributed by atoms with van der Waals surface area (Å²) in [5.41, 5.74) is 11.5. The van der Waals surface area contributed by atoms with Crippen LogP contribution in [0.25, 0.3) is 55.2 Å². The van der Waals surface area contributed by atoms with Gasteiger partial charge in [0, 0.05) is 44.2 Å². The second-order valence-corrected chi connectivity index (χ2v) is 10.6. The molecule has 5 aromatic carbocycles. The standard InChI is InChI=1S/C35H26N2/c1-35(2)29-17-9-6-15-26(29)33-27-16-8-11-19-31(27)37(34(33)35)24-20-21-32-28(22-24)25-14-7-10-18-30(25)36(32)23-12-4-3-5-13-23/h3-22H,1-2H3. The minimum absolute atomic E-state index is 0.0993. The molecule has 0 unspecified atom stereocenters. The van der Waals surface area contributed by atoms with Crippen molar-refractivity contribution in [2.45, 2.75) is 19.3 Å². The average molecular weight is 475 g/mol. The highest BCUT2D eigenvalue weighted by molar-refractivity contribution is 6.10. The maximum atomic E-state index is 2.51. The quantitative estimate of drug-likeness (QED) is 0.236. The molecule has 0 amide bonds. The third-order valence-corrected chi connectivity index (χ3v) is 8.27. The molecule has 0 atom stereocenters. The van der Waals surface area contributed by atoms with Crippen molar-refractivity contribution >= 4 is 32.7 Å². The molecule has 0 saturated carbocycles. The number of hydrogen-bond donors (Lipinski definition) is 0. The Hall–Kier alpha value is -4.56. The van der Waals surface area contributed by atoms with Gasteiger partial charge in [-0.05, 0) is 53.6 Å². The first kappa shape index (κ1) is 20.6. The summed E-state index contributed by atoms with van der Waals surface area (Å²) in [6, 6.07) is 44.2. The highest BCUT2D eigenvalue weighted by atomic mass is 15.0. The predicted octanol–water partition coefficient (Wildman–Crippen LogP) is 9.03. The van der Waals surface area contributed by atoms with Gasteiger partial charge in [-0.3, -0.25) is 0 Å². The molecule has 0 bridgehead atoms. The maximum Gasteiger partial charge on any atom is 0.0542 e. The van der Waals surface area contributed by atoms with Crippen LogP contribution in [0.4, 0.5) is 0 Å². The molecule has 176 valence electrons. The van der Waals surface area contributed by atoms with Crippen molar-refractivity contribution in [3.05, 3.63) is 133 Å².